The zero-order valence-electron chi connectivity index (χ0n) is 22.2. The van der Waals surface area contributed by atoms with Crippen molar-refractivity contribution in [3.63, 3.8) is 0 Å². The Bertz CT molecular complexity index is 1460. The second-order valence-corrected chi connectivity index (χ2v) is 10.7. The number of aryl methyl sites for hydroxylation is 1. The number of hydrogen-bond acceptors (Lipinski definition) is 4. The van der Waals surface area contributed by atoms with Crippen LogP contribution < -0.4 is 0 Å². The zero-order chi connectivity index (χ0) is 26.9. The van der Waals surface area contributed by atoms with Crippen LogP contribution in [0.4, 0.5) is 0 Å². The third-order valence-electron chi connectivity index (χ3n) is 7.93. The van der Waals surface area contributed by atoms with Crippen molar-refractivity contribution in [3.8, 4) is 0 Å². The first-order chi connectivity index (χ1) is 18.2. The van der Waals surface area contributed by atoms with E-state index in [1.165, 1.54) is 0 Å². The van der Waals surface area contributed by atoms with Crippen LogP contribution in [0.3, 0.4) is 0 Å². The summed E-state index contributed by atoms with van der Waals surface area (Å²) in [5.74, 6) is -0.901. The molecule has 4 aromatic carbocycles. The van der Waals surface area contributed by atoms with Crippen molar-refractivity contribution < 1.29 is 19.1 Å². The molecule has 0 fully saturated rings. The number of carbonyl (C=O) groups is 2. The Hall–Kier alpha value is -4.18. The lowest BCUT2D eigenvalue weighted by atomic mass is 9.56. The van der Waals surface area contributed by atoms with Crippen LogP contribution in [0, 0.1) is 6.92 Å². The van der Waals surface area contributed by atoms with Gasteiger partial charge in [0.15, 0.2) is 6.10 Å². The largest absolute Gasteiger partial charge is 0.454 e. The fourth-order valence-corrected chi connectivity index (χ4v) is 5.84. The van der Waals surface area contributed by atoms with Gasteiger partial charge in [0.2, 0.25) is 0 Å². The summed E-state index contributed by atoms with van der Waals surface area (Å²) in [6.07, 6.45) is -1.56. The van der Waals surface area contributed by atoms with Crippen molar-refractivity contribution in [2.45, 2.75) is 50.7 Å². The summed E-state index contributed by atoms with van der Waals surface area (Å²) in [6, 6.07) is 34.2. The molecule has 0 aliphatic heterocycles. The van der Waals surface area contributed by atoms with Gasteiger partial charge in [-0.1, -0.05) is 98.8 Å². The van der Waals surface area contributed by atoms with Crippen molar-refractivity contribution >= 4 is 11.9 Å². The molecule has 4 aromatic rings. The predicted molar refractivity (Wildman–Crippen MR) is 148 cm³/mol. The van der Waals surface area contributed by atoms with E-state index in [9.17, 15) is 9.59 Å². The van der Waals surface area contributed by atoms with Crippen molar-refractivity contribution in [1.82, 2.24) is 0 Å². The number of ether oxygens (including phenoxy) is 2. The first-order valence-corrected chi connectivity index (χ1v) is 12.9. The highest BCUT2D eigenvalue weighted by Gasteiger charge is 2.58. The van der Waals surface area contributed by atoms with Gasteiger partial charge in [0.1, 0.15) is 6.10 Å². The number of rotatable bonds is 5. The highest BCUT2D eigenvalue weighted by atomic mass is 16.6. The summed E-state index contributed by atoms with van der Waals surface area (Å²) in [6.45, 7) is 8.25. The van der Waals surface area contributed by atoms with E-state index in [4.69, 9.17) is 9.47 Å². The summed E-state index contributed by atoms with van der Waals surface area (Å²) in [5, 5.41) is 0. The van der Waals surface area contributed by atoms with Gasteiger partial charge in [-0.15, -0.1) is 0 Å². The van der Waals surface area contributed by atoms with Crippen LogP contribution in [0.1, 0.15) is 63.7 Å². The summed E-state index contributed by atoms with van der Waals surface area (Å²) in [5.41, 5.74) is 3.67. The van der Waals surface area contributed by atoms with Gasteiger partial charge in [0.05, 0.1) is 16.5 Å². The molecule has 1 aliphatic carbocycles. The minimum atomic E-state index is -0.797. The molecule has 0 radical (unpaired) electrons. The van der Waals surface area contributed by atoms with Gasteiger partial charge in [-0.05, 0) is 60.4 Å². The van der Waals surface area contributed by atoms with E-state index in [-0.39, 0.29) is 0 Å². The second-order valence-electron chi connectivity index (χ2n) is 10.7. The van der Waals surface area contributed by atoms with Gasteiger partial charge in [-0.25, -0.2) is 9.59 Å². The van der Waals surface area contributed by atoms with E-state index in [0.29, 0.717) is 11.1 Å². The lowest BCUT2D eigenvalue weighted by Crippen LogP contribution is -2.61. The van der Waals surface area contributed by atoms with Crippen molar-refractivity contribution in [2.75, 3.05) is 0 Å². The smallest absolute Gasteiger partial charge is 0.338 e. The molecule has 0 saturated carbocycles. The molecule has 0 bridgehead atoms. The van der Waals surface area contributed by atoms with Gasteiger partial charge >= 0.3 is 11.9 Å². The van der Waals surface area contributed by atoms with Crippen LogP contribution >= 0.6 is 0 Å². The molecule has 0 heterocycles. The lowest BCUT2D eigenvalue weighted by molar-refractivity contribution is -0.0866. The fourth-order valence-electron chi connectivity index (χ4n) is 5.84. The summed E-state index contributed by atoms with van der Waals surface area (Å²) in [7, 11) is 0. The molecule has 1 aliphatic rings. The fraction of sp³-hybridized carbons (Fsp3) is 0.235. The number of hydrogen-bond donors (Lipinski definition) is 0. The minimum Gasteiger partial charge on any atom is -0.454 e. The van der Waals surface area contributed by atoms with Crippen LogP contribution in [0.25, 0.3) is 0 Å². The average molecular weight is 505 g/mol. The third-order valence-corrected chi connectivity index (χ3v) is 7.93. The molecule has 0 spiro atoms. The predicted octanol–water partition coefficient (Wildman–Crippen LogP) is 7.04. The molecular weight excluding hydrogens is 472 g/mol. The maximum absolute atomic E-state index is 13.6. The van der Waals surface area contributed by atoms with E-state index in [1.54, 1.807) is 24.3 Å². The summed E-state index contributed by atoms with van der Waals surface area (Å²) < 4.78 is 12.8. The molecule has 4 heteroatoms. The Labute approximate surface area is 224 Å². The van der Waals surface area contributed by atoms with Crippen molar-refractivity contribution in [2.24, 2.45) is 0 Å². The normalized spacial score (nSPS) is 21.7. The van der Waals surface area contributed by atoms with Crippen LogP contribution in [0.2, 0.25) is 0 Å². The Balaban J connectivity index is 1.72. The van der Waals surface area contributed by atoms with E-state index < -0.39 is 35.0 Å². The molecule has 0 unspecified atom stereocenters. The standard InChI is InChI=1S/C34H32O4/c1-23-15-11-12-20-26(23)34(4)28-22-14-13-21-27(28)33(2,3)29(37-31(35)24-16-7-5-8-17-24)30(34)38-32(36)25-18-9-6-10-19-25/h5-22,29-30H,1-4H3/t29-,30+,34+/m0/s1. The molecule has 192 valence electrons. The first kappa shape index (κ1) is 25.5. The van der Waals surface area contributed by atoms with Gasteiger partial charge in [-0.3, -0.25) is 0 Å². The van der Waals surface area contributed by atoms with E-state index in [1.807, 2.05) is 60.7 Å². The average Bonchev–Trinajstić information content (AvgIpc) is 2.94. The molecule has 0 aromatic heterocycles. The van der Waals surface area contributed by atoms with Crippen molar-refractivity contribution in [1.29, 1.82) is 0 Å². The molecule has 3 atom stereocenters. The van der Waals surface area contributed by atoms with Crippen molar-refractivity contribution in [3.05, 3.63) is 143 Å². The number of fused-ring (bicyclic) bond motifs is 1. The summed E-state index contributed by atoms with van der Waals surface area (Å²) in [4.78, 5) is 27.0. The Morgan fingerprint density at radius 3 is 1.50 bits per heavy atom. The molecule has 0 amide bonds. The van der Waals surface area contributed by atoms with E-state index >= 15 is 0 Å². The highest BCUT2D eigenvalue weighted by Crippen LogP contribution is 2.52. The molecule has 0 N–H and O–H groups in total. The molecule has 4 nitrogen and oxygen atoms in total. The Morgan fingerprint density at radius 2 is 0.974 bits per heavy atom. The number of carbonyl (C=O) groups excluding carboxylic acids is 2. The lowest BCUT2D eigenvalue weighted by Gasteiger charge is -2.53. The Kier molecular flexibility index (Phi) is 6.66. The second kappa shape index (κ2) is 9.94. The number of esters is 2. The zero-order valence-corrected chi connectivity index (χ0v) is 22.2. The van der Waals surface area contributed by atoms with Gasteiger partial charge < -0.3 is 9.47 Å². The van der Waals surface area contributed by atoms with Crippen LogP contribution in [-0.2, 0) is 20.3 Å². The van der Waals surface area contributed by atoms with Gasteiger partial charge in [-0.2, -0.15) is 0 Å². The molecule has 0 saturated heterocycles. The maximum Gasteiger partial charge on any atom is 0.338 e. The molecule has 38 heavy (non-hydrogen) atoms. The summed E-state index contributed by atoms with van der Waals surface area (Å²) >= 11 is 0. The van der Waals surface area contributed by atoms with Gasteiger partial charge in [0, 0.05) is 5.41 Å². The quantitative estimate of drug-likeness (QED) is 0.274. The maximum atomic E-state index is 13.6. The van der Waals surface area contributed by atoms with Crippen LogP contribution in [0.15, 0.2) is 109 Å². The third kappa shape index (κ3) is 4.30. The van der Waals surface area contributed by atoms with E-state index in [2.05, 4.69) is 52.0 Å². The SMILES string of the molecule is Cc1ccccc1[C@]1(C)c2ccccc2C(C)(C)[C@@H](OC(=O)c2ccccc2)[C@H]1OC(=O)c1ccccc1. The van der Waals surface area contributed by atoms with Crippen LogP contribution in [0.5, 0.6) is 0 Å². The Morgan fingerprint density at radius 1 is 0.553 bits per heavy atom. The van der Waals surface area contributed by atoms with Crippen LogP contribution in [-0.4, -0.2) is 24.1 Å². The first-order valence-electron chi connectivity index (χ1n) is 12.9. The molecular formula is C34H32O4. The van der Waals surface area contributed by atoms with Gasteiger partial charge in [0.25, 0.3) is 0 Å². The molecule has 5 rings (SSSR count). The van der Waals surface area contributed by atoms with E-state index in [0.717, 1.165) is 22.3 Å². The topological polar surface area (TPSA) is 52.6 Å². The highest BCUT2D eigenvalue weighted by molar-refractivity contribution is 5.90. The minimum absolute atomic E-state index is 0.448. The monoisotopic (exact) mass is 504 g/mol. The number of benzene rings is 4.